The van der Waals surface area contributed by atoms with E-state index < -0.39 is 33.3 Å². The molecule has 0 bridgehead atoms. The van der Waals surface area contributed by atoms with Gasteiger partial charge in [-0.25, -0.2) is 27.7 Å². The lowest BCUT2D eigenvalue weighted by Crippen LogP contribution is -2.48. The van der Waals surface area contributed by atoms with Crippen molar-refractivity contribution < 1.29 is 22.4 Å². The molecule has 3 aromatic rings. The summed E-state index contributed by atoms with van der Waals surface area (Å²) < 4.78 is 38.5. The van der Waals surface area contributed by atoms with Crippen LogP contribution in [0.15, 0.2) is 65.7 Å². The number of anilines is 2. The minimum Gasteiger partial charge on any atom is -0.323 e. The van der Waals surface area contributed by atoms with Gasteiger partial charge in [-0.2, -0.15) is 0 Å². The number of carbonyl (C=O) groups excluding carboxylic acids is 2. The van der Waals surface area contributed by atoms with E-state index in [4.69, 9.17) is 16.7 Å². The van der Waals surface area contributed by atoms with Crippen molar-refractivity contribution in [2.75, 3.05) is 10.6 Å². The molecule has 1 heterocycles. The van der Waals surface area contributed by atoms with Crippen LogP contribution in [-0.4, -0.2) is 30.9 Å². The van der Waals surface area contributed by atoms with E-state index in [1.54, 1.807) is 12.1 Å². The zero-order valence-electron chi connectivity index (χ0n) is 17.5. The summed E-state index contributed by atoms with van der Waals surface area (Å²) in [4.78, 5) is 28.9. The van der Waals surface area contributed by atoms with E-state index in [9.17, 15) is 22.4 Å². The van der Waals surface area contributed by atoms with Crippen LogP contribution in [0.5, 0.6) is 0 Å². The number of aromatic nitrogens is 1. The Morgan fingerprint density at radius 2 is 1.79 bits per heavy atom. The molecule has 34 heavy (non-hydrogen) atoms. The molecule has 1 aromatic heterocycles. The maximum atomic E-state index is 14.8. The highest BCUT2D eigenvalue weighted by Crippen LogP contribution is 2.37. The summed E-state index contributed by atoms with van der Waals surface area (Å²) in [7, 11) is -4.02. The van der Waals surface area contributed by atoms with Gasteiger partial charge in [0, 0.05) is 11.8 Å². The molecular weight excluding hydrogens is 485 g/mol. The Kier molecular flexibility index (Phi) is 6.26. The Labute approximate surface area is 199 Å². The second-order valence-electron chi connectivity index (χ2n) is 7.71. The largest absolute Gasteiger partial charge is 0.323 e. The predicted molar refractivity (Wildman–Crippen MR) is 125 cm³/mol. The molecule has 5 N–H and O–H groups in total. The highest BCUT2D eigenvalue weighted by Gasteiger charge is 2.51. The summed E-state index contributed by atoms with van der Waals surface area (Å²) in [6.45, 7) is 0. The third kappa shape index (κ3) is 5.16. The van der Waals surface area contributed by atoms with Crippen molar-refractivity contribution in [3.63, 3.8) is 0 Å². The van der Waals surface area contributed by atoms with Crippen LogP contribution in [-0.2, 0) is 14.8 Å². The zero-order chi connectivity index (χ0) is 24.5. The summed E-state index contributed by atoms with van der Waals surface area (Å²) in [5.74, 6) is -1.11. The molecule has 12 heteroatoms. The minimum absolute atomic E-state index is 0.116. The highest BCUT2D eigenvalue weighted by molar-refractivity contribution is 7.89. The number of nitrogens with zero attached hydrogens (tertiary/aromatic N) is 1. The van der Waals surface area contributed by atoms with E-state index in [1.807, 2.05) is 0 Å². The first-order valence-corrected chi connectivity index (χ1v) is 11.9. The number of rotatable bonds is 6. The van der Waals surface area contributed by atoms with Gasteiger partial charge < -0.3 is 10.6 Å². The molecule has 1 saturated carbocycles. The van der Waals surface area contributed by atoms with Gasteiger partial charge in [0.25, 0.3) is 0 Å². The van der Waals surface area contributed by atoms with Gasteiger partial charge in [-0.3, -0.25) is 10.1 Å². The van der Waals surface area contributed by atoms with E-state index >= 15 is 0 Å². The fourth-order valence-electron chi connectivity index (χ4n) is 3.33. The highest BCUT2D eigenvalue weighted by atomic mass is 35.5. The van der Waals surface area contributed by atoms with Crippen molar-refractivity contribution in [1.82, 2.24) is 10.3 Å². The van der Waals surface area contributed by atoms with Crippen LogP contribution in [0.4, 0.5) is 20.7 Å². The fraction of sp³-hybridized carbons (Fsp3) is 0.136. The first-order valence-electron chi connectivity index (χ1n) is 10.0. The van der Waals surface area contributed by atoms with Gasteiger partial charge in [0.05, 0.1) is 15.6 Å². The molecule has 0 atom stereocenters. The summed E-state index contributed by atoms with van der Waals surface area (Å²) in [5, 5.41) is 13.2. The lowest BCUT2D eigenvalue weighted by molar-refractivity contribution is -0.118. The van der Waals surface area contributed by atoms with Gasteiger partial charge in [0.15, 0.2) is 0 Å². The number of benzene rings is 2. The average molecular weight is 504 g/mol. The molecule has 0 aliphatic heterocycles. The van der Waals surface area contributed by atoms with Crippen molar-refractivity contribution in [3.05, 3.63) is 71.6 Å². The molecule has 1 fully saturated rings. The lowest BCUT2D eigenvalue weighted by atomic mass is 10.0. The van der Waals surface area contributed by atoms with Crippen molar-refractivity contribution in [1.29, 1.82) is 0 Å². The van der Waals surface area contributed by atoms with Crippen molar-refractivity contribution in [2.45, 2.75) is 23.3 Å². The van der Waals surface area contributed by atoms with Crippen LogP contribution in [0.2, 0.25) is 5.02 Å². The standard InChI is InChI=1S/C22H19ClFN5O4S/c23-14-6-8-19(26-12-14)28-21(31)29-22(9-10-22)20(30)27-17-7-5-13(11-16(17)24)15-3-1-2-4-18(15)34(25,32)33/h1-8,11-12H,9-10H2,(H,27,30)(H2,25,32,33)(H2,26,28,29,31). The van der Waals surface area contributed by atoms with Crippen LogP contribution in [0.1, 0.15) is 12.8 Å². The first kappa shape index (κ1) is 23.6. The zero-order valence-corrected chi connectivity index (χ0v) is 19.1. The SMILES string of the molecule is NS(=O)(=O)c1ccccc1-c1ccc(NC(=O)C2(NC(=O)Nc3ccc(Cl)cn3)CC2)c(F)c1. The fourth-order valence-corrected chi connectivity index (χ4v) is 4.20. The normalized spacial score (nSPS) is 14.2. The van der Waals surface area contributed by atoms with E-state index in [0.717, 1.165) is 6.07 Å². The summed E-state index contributed by atoms with van der Waals surface area (Å²) in [6.07, 6.45) is 2.12. The molecular formula is C22H19ClFN5O4S. The maximum Gasteiger partial charge on any atom is 0.321 e. The number of primary sulfonamides is 1. The Morgan fingerprint density at radius 1 is 1.06 bits per heavy atom. The van der Waals surface area contributed by atoms with Crippen LogP contribution in [0, 0.1) is 5.82 Å². The number of halogens is 2. The molecule has 4 rings (SSSR count). The molecule has 2 aromatic carbocycles. The summed E-state index contributed by atoms with van der Waals surface area (Å²) >= 11 is 5.76. The summed E-state index contributed by atoms with van der Waals surface area (Å²) in [5.41, 5.74) is -0.791. The Balaban J connectivity index is 1.46. The van der Waals surface area contributed by atoms with Crippen LogP contribution >= 0.6 is 11.6 Å². The molecule has 176 valence electrons. The smallest absolute Gasteiger partial charge is 0.321 e. The monoisotopic (exact) mass is 503 g/mol. The third-order valence-corrected chi connectivity index (χ3v) is 6.42. The van der Waals surface area contributed by atoms with Crippen LogP contribution in [0.3, 0.4) is 0 Å². The molecule has 0 saturated heterocycles. The molecule has 0 unspecified atom stereocenters. The molecule has 1 aliphatic carbocycles. The number of nitrogens with one attached hydrogen (secondary N) is 3. The van der Waals surface area contributed by atoms with Crippen LogP contribution in [0.25, 0.3) is 11.1 Å². The van der Waals surface area contributed by atoms with Gasteiger partial charge in [-0.05, 0) is 48.7 Å². The van der Waals surface area contributed by atoms with Gasteiger partial charge in [-0.1, -0.05) is 35.9 Å². The Bertz CT molecular complexity index is 1380. The second kappa shape index (κ2) is 9.01. The van der Waals surface area contributed by atoms with E-state index in [0.29, 0.717) is 17.9 Å². The van der Waals surface area contributed by atoms with Gasteiger partial charge in [0.1, 0.15) is 17.2 Å². The van der Waals surface area contributed by atoms with Crippen molar-refractivity contribution in [2.24, 2.45) is 5.14 Å². The van der Waals surface area contributed by atoms with E-state index in [1.165, 1.54) is 42.6 Å². The number of amides is 3. The minimum atomic E-state index is -4.02. The van der Waals surface area contributed by atoms with Gasteiger partial charge in [-0.15, -0.1) is 0 Å². The van der Waals surface area contributed by atoms with Gasteiger partial charge >= 0.3 is 6.03 Å². The number of pyridine rings is 1. The maximum absolute atomic E-state index is 14.8. The number of urea groups is 1. The van der Waals surface area contributed by atoms with E-state index in [-0.39, 0.29) is 27.5 Å². The Hall–Kier alpha value is -3.54. The number of hydrogen-bond acceptors (Lipinski definition) is 5. The third-order valence-electron chi connectivity index (χ3n) is 5.23. The van der Waals surface area contributed by atoms with Crippen molar-refractivity contribution >= 4 is 45.1 Å². The van der Waals surface area contributed by atoms with E-state index in [2.05, 4.69) is 20.9 Å². The number of carbonyl (C=O) groups is 2. The quantitative estimate of drug-likeness (QED) is 0.407. The number of nitrogens with two attached hydrogens (primary N) is 1. The molecule has 0 radical (unpaired) electrons. The summed E-state index contributed by atoms with van der Waals surface area (Å²) in [6, 6.07) is 12.2. The topological polar surface area (TPSA) is 143 Å². The Morgan fingerprint density at radius 3 is 2.41 bits per heavy atom. The average Bonchev–Trinajstić information content (AvgIpc) is 3.56. The number of hydrogen-bond donors (Lipinski definition) is 4. The van der Waals surface area contributed by atoms with Crippen molar-refractivity contribution in [3.8, 4) is 11.1 Å². The molecule has 9 nitrogen and oxygen atoms in total. The number of sulfonamides is 1. The molecule has 1 aliphatic rings. The molecule has 0 spiro atoms. The predicted octanol–water partition coefficient (Wildman–Crippen LogP) is 3.48. The molecule has 3 amide bonds. The first-order chi connectivity index (χ1) is 16.1. The van der Waals surface area contributed by atoms with Gasteiger partial charge in [0.2, 0.25) is 15.9 Å². The van der Waals surface area contributed by atoms with Crippen LogP contribution < -0.4 is 21.1 Å². The lowest BCUT2D eigenvalue weighted by Gasteiger charge is -2.18. The second-order valence-corrected chi connectivity index (χ2v) is 9.68.